The van der Waals surface area contributed by atoms with Crippen LogP contribution in [0.15, 0.2) is 36.4 Å². The lowest BCUT2D eigenvalue weighted by molar-refractivity contribution is -0.160. The SMILES string of the molecule is Cc1nc2cc(CC(=O)Cc3ccc(F)cc3)nn2c(-c2cc(F)c3c(c2C)CCCO3)c1[C@H](OC(C)(C)C)C(=O)O. The van der Waals surface area contributed by atoms with Gasteiger partial charge in [-0.05, 0) is 76.8 Å². The standard InChI is InChI=1S/C32H33F2N3O5/c1-17-23-7-6-12-41-29(23)25(34)16-24(17)28-27(30(31(39)40)42-32(3,4)5)18(2)35-26-15-21(36-37(26)28)14-22(38)13-19-8-10-20(33)11-9-19/h8-11,15-16,30H,6-7,12-14H2,1-5H3,(H,39,40)/t30-/m0/s1. The Morgan fingerprint density at radius 2 is 1.83 bits per heavy atom. The number of benzene rings is 2. The number of carboxylic acids is 1. The summed E-state index contributed by atoms with van der Waals surface area (Å²) < 4.78 is 41.9. The van der Waals surface area contributed by atoms with Gasteiger partial charge in [-0.3, -0.25) is 4.79 Å². The molecule has 2 aromatic carbocycles. The summed E-state index contributed by atoms with van der Waals surface area (Å²) in [4.78, 5) is 30.2. The van der Waals surface area contributed by atoms with Gasteiger partial charge in [0.2, 0.25) is 0 Å². The van der Waals surface area contributed by atoms with Gasteiger partial charge in [0.25, 0.3) is 0 Å². The molecular weight excluding hydrogens is 544 g/mol. The van der Waals surface area contributed by atoms with Crippen molar-refractivity contribution in [2.45, 2.75) is 72.0 Å². The number of ether oxygens (including phenoxy) is 2. The first-order valence-corrected chi connectivity index (χ1v) is 13.8. The summed E-state index contributed by atoms with van der Waals surface area (Å²) >= 11 is 0. The minimum atomic E-state index is -1.43. The van der Waals surface area contributed by atoms with Crippen LogP contribution in [0.2, 0.25) is 0 Å². The maximum Gasteiger partial charge on any atom is 0.337 e. The average molecular weight is 578 g/mol. The number of ketones is 1. The molecule has 0 bridgehead atoms. The van der Waals surface area contributed by atoms with Crippen molar-refractivity contribution in [3.8, 4) is 17.0 Å². The second-order valence-corrected chi connectivity index (χ2v) is 11.6. The highest BCUT2D eigenvalue weighted by atomic mass is 19.1. The summed E-state index contributed by atoms with van der Waals surface area (Å²) in [5.41, 5.74) is 3.50. The lowest BCUT2D eigenvalue weighted by atomic mass is 9.91. The first-order chi connectivity index (χ1) is 19.8. The minimum absolute atomic E-state index is 0.0270. The molecule has 5 rings (SSSR count). The fourth-order valence-electron chi connectivity index (χ4n) is 5.42. The van der Waals surface area contributed by atoms with E-state index in [4.69, 9.17) is 9.47 Å². The molecule has 1 aliphatic heterocycles. The molecule has 0 radical (unpaired) electrons. The van der Waals surface area contributed by atoms with Crippen LogP contribution >= 0.6 is 0 Å². The van der Waals surface area contributed by atoms with E-state index < -0.39 is 23.5 Å². The zero-order valence-electron chi connectivity index (χ0n) is 24.3. The molecule has 0 unspecified atom stereocenters. The van der Waals surface area contributed by atoms with Crippen LogP contribution < -0.4 is 4.74 Å². The Morgan fingerprint density at radius 1 is 1.12 bits per heavy atom. The van der Waals surface area contributed by atoms with E-state index >= 15 is 4.39 Å². The normalized spacial score (nSPS) is 14.0. The number of rotatable bonds is 8. The molecule has 3 heterocycles. The van der Waals surface area contributed by atoms with Crippen molar-refractivity contribution in [2.75, 3.05) is 6.61 Å². The Morgan fingerprint density at radius 3 is 2.50 bits per heavy atom. The third-order valence-corrected chi connectivity index (χ3v) is 7.22. The highest BCUT2D eigenvalue weighted by molar-refractivity contribution is 5.84. The minimum Gasteiger partial charge on any atom is -0.490 e. The van der Waals surface area contributed by atoms with Gasteiger partial charge >= 0.3 is 5.97 Å². The number of carbonyl (C=O) groups excluding carboxylic acids is 1. The van der Waals surface area contributed by atoms with Gasteiger partial charge in [0.1, 0.15) is 11.6 Å². The Kier molecular flexibility index (Phi) is 7.85. The Hall–Kier alpha value is -4.18. The summed E-state index contributed by atoms with van der Waals surface area (Å²) in [7, 11) is 0. The maximum atomic E-state index is 15.5. The average Bonchev–Trinajstić information content (AvgIpc) is 3.31. The van der Waals surface area contributed by atoms with Crippen molar-refractivity contribution >= 4 is 17.4 Å². The highest BCUT2D eigenvalue weighted by Gasteiger charge is 2.34. The fraction of sp³-hybridized carbons (Fsp3) is 0.375. The lowest BCUT2D eigenvalue weighted by Crippen LogP contribution is -2.29. The van der Waals surface area contributed by atoms with Crippen LogP contribution in [0, 0.1) is 25.5 Å². The van der Waals surface area contributed by atoms with Crippen LogP contribution in [-0.4, -0.2) is 43.7 Å². The molecule has 1 N–H and O–H groups in total. The number of aromatic nitrogens is 3. The molecule has 2 aromatic heterocycles. The van der Waals surface area contributed by atoms with Crippen molar-refractivity contribution in [3.63, 3.8) is 0 Å². The fourth-order valence-corrected chi connectivity index (χ4v) is 5.42. The first-order valence-electron chi connectivity index (χ1n) is 13.8. The molecule has 4 aromatic rings. The second-order valence-electron chi connectivity index (χ2n) is 11.6. The molecule has 1 aliphatic rings. The van der Waals surface area contributed by atoms with E-state index in [0.717, 1.165) is 17.5 Å². The smallest absolute Gasteiger partial charge is 0.337 e. The number of carboxylic acid groups (broad SMARTS) is 1. The topological polar surface area (TPSA) is 103 Å². The summed E-state index contributed by atoms with van der Waals surface area (Å²) in [5, 5.41) is 15.0. The molecule has 0 amide bonds. The van der Waals surface area contributed by atoms with Gasteiger partial charge in [0, 0.05) is 34.9 Å². The number of aliphatic carboxylic acids is 1. The van der Waals surface area contributed by atoms with E-state index in [1.54, 1.807) is 45.9 Å². The van der Waals surface area contributed by atoms with Crippen LogP contribution in [0.4, 0.5) is 8.78 Å². The number of carbonyl (C=O) groups is 2. The molecule has 1 atom stereocenters. The van der Waals surface area contributed by atoms with Gasteiger partial charge in [-0.15, -0.1) is 0 Å². The third-order valence-electron chi connectivity index (χ3n) is 7.22. The molecule has 0 fully saturated rings. The zero-order chi connectivity index (χ0) is 30.3. The number of halogens is 2. The van der Waals surface area contributed by atoms with Crippen LogP contribution in [0.25, 0.3) is 16.9 Å². The van der Waals surface area contributed by atoms with E-state index in [1.807, 2.05) is 6.92 Å². The molecule has 0 saturated heterocycles. The lowest BCUT2D eigenvalue weighted by Gasteiger charge is -2.28. The Bertz CT molecular complexity index is 1690. The van der Waals surface area contributed by atoms with Crippen LogP contribution in [0.3, 0.4) is 0 Å². The third kappa shape index (κ3) is 5.90. The van der Waals surface area contributed by atoms with Crippen LogP contribution in [0.5, 0.6) is 5.75 Å². The monoisotopic (exact) mass is 577 g/mol. The molecule has 10 heteroatoms. The Labute approximate surface area is 242 Å². The number of fused-ring (bicyclic) bond motifs is 2. The van der Waals surface area contributed by atoms with E-state index in [1.165, 1.54) is 22.7 Å². The number of hydrogen-bond donors (Lipinski definition) is 1. The predicted molar refractivity (Wildman–Crippen MR) is 152 cm³/mol. The largest absolute Gasteiger partial charge is 0.490 e. The van der Waals surface area contributed by atoms with E-state index in [2.05, 4.69) is 10.1 Å². The highest BCUT2D eigenvalue weighted by Crippen LogP contribution is 2.41. The molecule has 8 nitrogen and oxygen atoms in total. The summed E-state index contributed by atoms with van der Waals surface area (Å²) in [6.07, 6.45) is -0.0342. The van der Waals surface area contributed by atoms with Crippen molar-refractivity contribution in [1.82, 2.24) is 14.6 Å². The summed E-state index contributed by atoms with van der Waals surface area (Å²) in [6.45, 7) is 9.21. The van der Waals surface area contributed by atoms with Gasteiger partial charge in [-0.1, -0.05) is 12.1 Å². The zero-order valence-corrected chi connectivity index (χ0v) is 24.3. The number of hydrogen-bond acceptors (Lipinski definition) is 6. The van der Waals surface area contributed by atoms with Gasteiger partial charge < -0.3 is 14.6 Å². The number of aryl methyl sites for hydroxylation is 1. The maximum absolute atomic E-state index is 15.5. The van der Waals surface area contributed by atoms with Gasteiger partial charge in [-0.2, -0.15) is 5.10 Å². The summed E-state index contributed by atoms with van der Waals surface area (Å²) in [6, 6.07) is 8.73. The van der Waals surface area contributed by atoms with Crippen LogP contribution in [-0.2, 0) is 33.6 Å². The van der Waals surface area contributed by atoms with Crippen molar-refractivity contribution in [1.29, 1.82) is 0 Å². The van der Waals surface area contributed by atoms with Gasteiger partial charge in [-0.25, -0.2) is 23.1 Å². The van der Waals surface area contributed by atoms with Crippen molar-refractivity contribution in [2.24, 2.45) is 0 Å². The predicted octanol–water partition coefficient (Wildman–Crippen LogP) is 5.91. The quantitative estimate of drug-likeness (QED) is 0.278. The molecule has 42 heavy (non-hydrogen) atoms. The van der Waals surface area contributed by atoms with Gasteiger partial charge in [0.05, 0.1) is 30.0 Å². The van der Waals surface area contributed by atoms with E-state index in [-0.39, 0.29) is 35.8 Å². The van der Waals surface area contributed by atoms with Crippen molar-refractivity contribution < 1.29 is 33.0 Å². The first kappa shape index (κ1) is 29.3. The second kappa shape index (κ2) is 11.2. The number of Topliss-reactive ketones (excluding diaryl/α,β-unsaturated/α-hetero) is 1. The molecule has 0 aliphatic carbocycles. The Balaban J connectivity index is 1.69. The number of nitrogens with zero attached hydrogens (tertiary/aromatic N) is 3. The molecular formula is C32H33F2N3O5. The molecule has 220 valence electrons. The van der Waals surface area contributed by atoms with E-state index in [0.29, 0.717) is 46.9 Å². The summed E-state index contributed by atoms with van der Waals surface area (Å²) in [5.74, 6) is -2.09. The van der Waals surface area contributed by atoms with E-state index in [9.17, 15) is 19.1 Å². The van der Waals surface area contributed by atoms with Gasteiger partial charge in [0.15, 0.2) is 23.3 Å². The molecule has 0 saturated carbocycles. The van der Waals surface area contributed by atoms with Crippen LogP contribution in [0.1, 0.15) is 66.9 Å². The van der Waals surface area contributed by atoms with Crippen molar-refractivity contribution in [3.05, 3.63) is 81.7 Å². The molecule has 0 spiro atoms.